The number of carbonyl (C=O) groups is 1. The number of benzene rings is 1. The molecule has 7 nitrogen and oxygen atoms in total. The zero-order valence-corrected chi connectivity index (χ0v) is 15.5. The highest BCUT2D eigenvalue weighted by atomic mass is 16.5. The predicted molar refractivity (Wildman–Crippen MR) is 96.2 cm³/mol. The van der Waals surface area contributed by atoms with Gasteiger partial charge in [0.15, 0.2) is 17.3 Å². The molecule has 0 aliphatic carbocycles. The average Bonchev–Trinajstić information content (AvgIpc) is 3.11. The summed E-state index contributed by atoms with van der Waals surface area (Å²) in [6.07, 6.45) is 3.36. The van der Waals surface area contributed by atoms with E-state index in [2.05, 4.69) is 21.7 Å². The van der Waals surface area contributed by atoms with Crippen molar-refractivity contribution in [1.29, 1.82) is 0 Å². The molecule has 2 heterocycles. The van der Waals surface area contributed by atoms with E-state index in [9.17, 15) is 4.79 Å². The van der Waals surface area contributed by atoms with Crippen molar-refractivity contribution in [3.63, 3.8) is 0 Å². The lowest BCUT2D eigenvalue weighted by atomic mass is 9.98. The van der Waals surface area contributed by atoms with Gasteiger partial charge in [0.05, 0.1) is 26.7 Å². The number of aromatic nitrogens is 3. The molecule has 26 heavy (non-hydrogen) atoms. The van der Waals surface area contributed by atoms with E-state index in [4.69, 9.17) is 14.2 Å². The van der Waals surface area contributed by atoms with E-state index < -0.39 is 0 Å². The van der Waals surface area contributed by atoms with Gasteiger partial charge in [0, 0.05) is 18.5 Å². The number of rotatable bonds is 7. The largest absolute Gasteiger partial charge is 0.493 e. The molecule has 0 fully saturated rings. The molecule has 0 saturated heterocycles. The summed E-state index contributed by atoms with van der Waals surface area (Å²) in [5.74, 6) is 2.67. The van der Waals surface area contributed by atoms with Crippen LogP contribution < -0.4 is 9.47 Å². The molecule has 1 atom stereocenters. The normalized spacial score (nSPS) is 16.0. The monoisotopic (exact) mass is 359 g/mol. The van der Waals surface area contributed by atoms with Crippen molar-refractivity contribution in [2.45, 2.75) is 39.2 Å². The molecular weight excluding hydrogens is 334 g/mol. The fraction of sp³-hybridized carbons (Fsp3) is 0.526. The van der Waals surface area contributed by atoms with Gasteiger partial charge in [0.2, 0.25) is 0 Å². The molecule has 0 radical (unpaired) electrons. The Hall–Kier alpha value is -2.57. The third-order valence-electron chi connectivity index (χ3n) is 4.67. The van der Waals surface area contributed by atoms with Gasteiger partial charge < -0.3 is 18.8 Å². The number of methoxy groups -OCH3 is 2. The summed E-state index contributed by atoms with van der Waals surface area (Å²) in [5, 5.41) is 8.60. The van der Waals surface area contributed by atoms with E-state index in [-0.39, 0.29) is 11.9 Å². The number of hydrogen-bond acceptors (Lipinski definition) is 6. The van der Waals surface area contributed by atoms with Gasteiger partial charge in [-0.25, -0.2) is 0 Å². The maximum atomic E-state index is 11.8. The Labute approximate surface area is 153 Å². The Balaban J connectivity index is 1.82. The quantitative estimate of drug-likeness (QED) is 0.559. The minimum atomic E-state index is -0.184. The smallest absolute Gasteiger partial charge is 0.309 e. The maximum absolute atomic E-state index is 11.8. The molecule has 0 N–H and O–H groups in total. The van der Waals surface area contributed by atoms with E-state index in [0.29, 0.717) is 25.3 Å². The zero-order chi connectivity index (χ0) is 18.5. The topological polar surface area (TPSA) is 75.5 Å². The zero-order valence-electron chi connectivity index (χ0n) is 15.5. The first-order chi connectivity index (χ1) is 12.7. The summed E-state index contributed by atoms with van der Waals surface area (Å²) in [5.41, 5.74) is 0.917. The number of hydrogen-bond donors (Lipinski definition) is 0. The second-order valence-corrected chi connectivity index (χ2v) is 6.37. The number of fused-ring (bicyclic) bond motifs is 1. The SMILES string of the molecule is CCCCOc1ccc(-c2nnc3n2CCC(C(=O)OC)C3)cc1OC. The molecule has 1 unspecified atom stereocenters. The summed E-state index contributed by atoms with van der Waals surface area (Å²) in [4.78, 5) is 11.8. The number of nitrogens with zero attached hydrogens (tertiary/aromatic N) is 3. The second-order valence-electron chi connectivity index (χ2n) is 6.37. The molecule has 1 aliphatic heterocycles. The Bertz CT molecular complexity index is 772. The van der Waals surface area contributed by atoms with Gasteiger partial charge in [-0.2, -0.15) is 0 Å². The first-order valence-electron chi connectivity index (χ1n) is 8.99. The van der Waals surface area contributed by atoms with Crippen molar-refractivity contribution in [3.05, 3.63) is 24.0 Å². The van der Waals surface area contributed by atoms with Gasteiger partial charge in [-0.3, -0.25) is 4.79 Å². The van der Waals surface area contributed by atoms with Crippen molar-refractivity contribution in [2.75, 3.05) is 20.8 Å². The fourth-order valence-electron chi connectivity index (χ4n) is 3.16. The van der Waals surface area contributed by atoms with E-state index in [1.165, 1.54) is 7.11 Å². The first-order valence-corrected chi connectivity index (χ1v) is 8.99. The lowest BCUT2D eigenvalue weighted by Crippen LogP contribution is -2.27. The summed E-state index contributed by atoms with van der Waals surface area (Å²) < 4.78 is 18.2. The predicted octanol–water partition coefficient (Wildman–Crippen LogP) is 2.87. The molecule has 2 aromatic rings. The van der Waals surface area contributed by atoms with Crippen molar-refractivity contribution >= 4 is 5.97 Å². The van der Waals surface area contributed by atoms with Gasteiger partial charge in [-0.15, -0.1) is 10.2 Å². The third kappa shape index (κ3) is 3.66. The maximum Gasteiger partial charge on any atom is 0.309 e. The summed E-state index contributed by atoms with van der Waals surface area (Å²) in [7, 11) is 3.05. The Morgan fingerprint density at radius 2 is 2.12 bits per heavy atom. The van der Waals surface area contributed by atoms with Crippen molar-refractivity contribution in [2.24, 2.45) is 5.92 Å². The van der Waals surface area contributed by atoms with Gasteiger partial charge in [-0.05, 0) is 31.0 Å². The number of carbonyl (C=O) groups excluding carboxylic acids is 1. The summed E-state index contributed by atoms with van der Waals surface area (Å²) in [6, 6.07) is 5.80. The lowest BCUT2D eigenvalue weighted by Gasteiger charge is -2.21. The van der Waals surface area contributed by atoms with E-state index >= 15 is 0 Å². The molecular formula is C19H25N3O4. The van der Waals surface area contributed by atoms with Crippen LogP contribution in [0.5, 0.6) is 11.5 Å². The molecule has 0 spiro atoms. The van der Waals surface area contributed by atoms with E-state index in [1.807, 2.05) is 18.2 Å². The highest BCUT2D eigenvalue weighted by Crippen LogP contribution is 2.33. The molecule has 1 aliphatic rings. The van der Waals surface area contributed by atoms with Crippen LogP contribution in [-0.2, 0) is 22.5 Å². The number of ether oxygens (including phenoxy) is 3. The fourth-order valence-corrected chi connectivity index (χ4v) is 3.16. The Morgan fingerprint density at radius 1 is 1.27 bits per heavy atom. The Morgan fingerprint density at radius 3 is 2.85 bits per heavy atom. The molecule has 3 rings (SSSR count). The first kappa shape index (κ1) is 18.2. The van der Waals surface area contributed by atoms with Crippen molar-refractivity contribution in [1.82, 2.24) is 14.8 Å². The molecule has 1 aromatic carbocycles. The second kappa shape index (κ2) is 8.21. The molecule has 0 saturated carbocycles. The molecule has 1 aromatic heterocycles. The number of unbranched alkanes of at least 4 members (excludes halogenated alkanes) is 1. The van der Waals surface area contributed by atoms with Gasteiger partial charge in [0.1, 0.15) is 5.82 Å². The van der Waals surface area contributed by atoms with Crippen LogP contribution in [0.4, 0.5) is 0 Å². The average molecular weight is 359 g/mol. The third-order valence-corrected chi connectivity index (χ3v) is 4.67. The van der Waals surface area contributed by atoms with E-state index in [1.54, 1.807) is 7.11 Å². The molecule has 140 valence electrons. The minimum absolute atomic E-state index is 0.145. The van der Waals surface area contributed by atoms with Crippen LogP contribution in [0.3, 0.4) is 0 Å². The van der Waals surface area contributed by atoms with Crippen LogP contribution in [0.2, 0.25) is 0 Å². The van der Waals surface area contributed by atoms with Crippen LogP contribution in [-0.4, -0.2) is 41.6 Å². The Kier molecular flexibility index (Phi) is 5.75. The van der Waals surface area contributed by atoms with Gasteiger partial charge >= 0.3 is 5.97 Å². The van der Waals surface area contributed by atoms with Crippen LogP contribution in [0.15, 0.2) is 18.2 Å². The van der Waals surface area contributed by atoms with Gasteiger partial charge in [0.25, 0.3) is 0 Å². The number of esters is 1. The lowest BCUT2D eigenvalue weighted by molar-refractivity contribution is -0.146. The highest BCUT2D eigenvalue weighted by Gasteiger charge is 2.29. The summed E-state index contributed by atoms with van der Waals surface area (Å²) in [6.45, 7) is 3.48. The minimum Gasteiger partial charge on any atom is -0.493 e. The molecule has 0 bridgehead atoms. The van der Waals surface area contributed by atoms with Crippen molar-refractivity contribution < 1.29 is 19.0 Å². The summed E-state index contributed by atoms with van der Waals surface area (Å²) >= 11 is 0. The highest BCUT2D eigenvalue weighted by molar-refractivity contribution is 5.72. The van der Waals surface area contributed by atoms with Gasteiger partial charge in [-0.1, -0.05) is 13.3 Å². The standard InChI is InChI=1S/C19H25N3O4/c1-4-5-10-26-15-7-6-13(11-16(15)24-2)18-21-20-17-12-14(19(23)25-3)8-9-22(17)18/h6-7,11,14H,4-5,8-10,12H2,1-3H3. The van der Waals surface area contributed by atoms with Crippen LogP contribution >= 0.6 is 0 Å². The van der Waals surface area contributed by atoms with E-state index in [0.717, 1.165) is 42.2 Å². The molecule has 0 amide bonds. The van der Waals surface area contributed by atoms with Crippen LogP contribution in [0.25, 0.3) is 11.4 Å². The van der Waals surface area contributed by atoms with Crippen molar-refractivity contribution in [3.8, 4) is 22.9 Å². The van der Waals surface area contributed by atoms with Crippen LogP contribution in [0.1, 0.15) is 32.0 Å². The van der Waals surface area contributed by atoms with Crippen LogP contribution in [0, 0.1) is 5.92 Å². The molecule has 7 heteroatoms.